The van der Waals surface area contributed by atoms with Crippen LogP contribution in [0.2, 0.25) is 0 Å². The number of rotatable bonds is 22. The van der Waals surface area contributed by atoms with E-state index < -0.39 is 18.1 Å². The fourth-order valence-corrected chi connectivity index (χ4v) is 11.4. The van der Waals surface area contributed by atoms with Gasteiger partial charge in [0.1, 0.15) is 0 Å². The number of ether oxygens (including phenoxy) is 8. The number of hydrogen-bond acceptors (Lipinski definition) is 9. The maximum absolute atomic E-state index is 7.74. The highest BCUT2D eigenvalue weighted by Crippen LogP contribution is 2.32. The molecule has 0 unspecified atom stereocenters. The molecular weight excluding hydrogens is 681 g/mol. The predicted octanol–water partition coefficient (Wildman–Crippen LogP) is 5.80. The van der Waals surface area contributed by atoms with E-state index in [9.17, 15) is 0 Å². The summed E-state index contributed by atoms with van der Waals surface area (Å²) in [5.41, 5.74) is 0. The molecule has 0 saturated carbocycles. The van der Waals surface area contributed by atoms with Crippen molar-refractivity contribution in [2.75, 3.05) is 52.9 Å². The van der Waals surface area contributed by atoms with Crippen LogP contribution in [0.15, 0.2) is 72.8 Å². The van der Waals surface area contributed by atoms with Crippen molar-refractivity contribution >= 4 is 38.8 Å². The van der Waals surface area contributed by atoms with Crippen LogP contribution in [0, 0.1) is 0 Å². The summed E-state index contributed by atoms with van der Waals surface area (Å²) in [6, 6.07) is 23.9. The first-order valence-corrected chi connectivity index (χ1v) is 20.8. The molecule has 4 aromatic rings. The van der Waals surface area contributed by atoms with Crippen LogP contribution in [-0.4, -0.2) is 70.9 Å². The standard InChI is InChI=1S/C40H52O9Si2/c1-9-41-29-21-17-25-33(37(29)45-13-5)50(34-26-18-22-30(42-10-2)38(34)46-14-6)49-51(35-27-19-23-31(43-11-3)39(35)47-15-7)36-28-20-24-32(44-12-4)40(36)48-16-8/h17-28H,9-16H2,1-8H3. The van der Waals surface area contributed by atoms with Crippen LogP contribution < -0.4 is 58.6 Å². The van der Waals surface area contributed by atoms with Gasteiger partial charge in [-0.25, -0.2) is 0 Å². The normalized spacial score (nSPS) is 11.0. The summed E-state index contributed by atoms with van der Waals surface area (Å²) in [6.07, 6.45) is 0. The number of benzene rings is 4. The predicted molar refractivity (Wildman–Crippen MR) is 206 cm³/mol. The Kier molecular flexibility index (Phi) is 15.9. The van der Waals surface area contributed by atoms with E-state index in [1.807, 2.05) is 104 Å². The van der Waals surface area contributed by atoms with E-state index in [2.05, 4.69) is 24.3 Å². The van der Waals surface area contributed by atoms with E-state index in [1.165, 1.54) is 0 Å². The number of para-hydroxylation sites is 4. The molecule has 0 heterocycles. The molecular formula is C40H52O9Si2. The lowest BCUT2D eigenvalue weighted by Crippen LogP contribution is -2.57. The molecule has 0 bridgehead atoms. The number of hydrogen-bond donors (Lipinski definition) is 0. The molecule has 0 aliphatic heterocycles. The second kappa shape index (κ2) is 20.5. The summed E-state index contributed by atoms with van der Waals surface area (Å²) in [4.78, 5) is 0. The molecule has 274 valence electrons. The van der Waals surface area contributed by atoms with Crippen LogP contribution in [-0.2, 0) is 4.12 Å². The fourth-order valence-electron chi connectivity index (χ4n) is 5.64. The van der Waals surface area contributed by atoms with Crippen LogP contribution in [0.5, 0.6) is 46.0 Å². The van der Waals surface area contributed by atoms with Crippen molar-refractivity contribution in [2.45, 2.75) is 55.4 Å². The van der Waals surface area contributed by atoms with E-state index in [0.717, 1.165) is 20.7 Å². The highest BCUT2D eigenvalue weighted by Gasteiger charge is 2.38. The SMILES string of the molecule is CCOc1cccc([Si](O[Si](c2cccc(OCC)c2OCC)c2cccc(OCC)c2OCC)c2cccc(OCC)c2OCC)c1OCC. The first-order valence-electron chi connectivity index (χ1n) is 18.0. The summed E-state index contributed by atoms with van der Waals surface area (Å²) in [5, 5.41) is 3.51. The van der Waals surface area contributed by atoms with Crippen molar-refractivity contribution < 1.29 is 42.0 Å². The highest BCUT2D eigenvalue weighted by molar-refractivity contribution is 6.93. The highest BCUT2D eigenvalue weighted by atomic mass is 28.4. The lowest BCUT2D eigenvalue weighted by Gasteiger charge is -2.29. The van der Waals surface area contributed by atoms with Crippen molar-refractivity contribution in [1.82, 2.24) is 0 Å². The van der Waals surface area contributed by atoms with Crippen molar-refractivity contribution in [2.24, 2.45) is 0 Å². The molecule has 51 heavy (non-hydrogen) atoms. The maximum atomic E-state index is 7.74. The Labute approximate surface area is 307 Å². The van der Waals surface area contributed by atoms with E-state index >= 15 is 0 Å². The molecule has 0 atom stereocenters. The summed E-state index contributed by atoms with van der Waals surface area (Å²) in [7, 11) is -4.49. The summed E-state index contributed by atoms with van der Waals surface area (Å²) < 4.78 is 57.8. The second-order valence-electron chi connectivity index (χ2n) is 10.8. The van der Waals surface area contributed by atoms with E-state index in [0.29, 0.717) is 98.9 Å². The summed E-state index contributed by atoms with van der Waals surface area (Å²) in [6.45, 7) is 19.4. The zero-order valence-electron chi connectivity index (χ0n) is 31.3. The third kappa shape index (κ3) is 9.52. The van der Waals surface area contributed by atoms with Crippen LogP contribution in [0.1, 0.15) is 55.4 Å². The Morgan fingerprint density at radius 2 is 0.529 bits per heavy atom. The monoisotopic (exact) mass is 732 g/mol. The first kappa shape index (κ1) is 39.5. The molecule has 0 amide bonds. The molecule has 0 aliphatic carbocycles. The van der Waals surface area contributed by atoms with E-state index in [-0.39, 0.29) is 0 Å². The third-order valence-electron chi connectivity index (χ3n) is 7.45. The average Bonchev–Trinajstić information content (AvgIpc) is 3.13. The lowest BCUT2D eigenvalue weighted by molar-refractivity contribution is 0.288. The summed E-state index contributed by atoms with van der Waals surface area (Å²) >= 11 is 0. The molecule has 0 fully saturated rings. The van der Waals surface area contributed by atoms with Gasteiger partial charge < -0.3 is 42.0 Å². The molecule has 2 radical (unpaired) electrons. The van der Waals surface area contributed by atoms with Gasteiger partial charge in [0.2, 0.25) is 0 Å². The Morgan fingerprint density at radius 3 is 0.725 bits per heavy atom. The largest absolute Gasteiger partial charge is 0.490 e. The molecule has 9 nitrogen and oxygen atoms in total. The van der Waals surface area contributed by atoms with Crippen LogP contribution in [0.4, 0.5) is 0 Å². The molecule has 4 aromatic carbocycles. The fraction of sp³-hybridized carbons (Fsp3) is 0.400. The zero-order valence-corrected chi connectivity index (χ0v) is 33.3. The van der Waals surface area contributed by atoms with Gasteiger partial charge in [-0.15, -0.1) is 0 Å². The van der Waals surface area contributed by atoms with Crippen molar-refractivity contribution in [3.8, 4) is 46.0 Å². The Balaban J connectivity index is 2.13. The average molecular weight is 733 g/mol. The van der Waals surface area contributed by atoms with Gasteiger partial charge in [-0.3, -0.25) is 0 Å². The minimum absolute atomic E-state index is 0.442. The van der Waals surface area contributed by atoms with Gasteiger partial charge in [0, 0.05) is 20.7 Å². The van der Waals surface area contributed by atoms with Crippen molar-refractivity contribution in [3.05, 3.63) is 72.8 Å². The molecule has 4 rings (SSSR count). The van der Waals surface area contributed by atoms with Crippen molar-refractivity contribution in [3.63, 3.8) is 0 Å². The molecule has 11 heteroatoms. The van der Waals surface area contributed by atoms with Crippen molar-refractivity contribution in [1.29, 1.82) is 0 Å². The first-order chi connectivity index (χ1) is 25.0. The van der Waals surface area contributed by atoms with Gasteiger partial charge in [-0.05, 0) is 79.7 Å². The lowest BCUT2D eigenvalue weighted by atomic mass is 10.3. The summed E-state index contributed by atoms with van der Waals surface area (Å²) in [5.74, 6) is 5.17. The molecule has 0 aromatic heterocycles. The molecule has 0 N–H and O–H groups in total. The topological polar surface area (TPSA) is 83.1 Å². The quantitative estimate of drug-likeness (QED) is 0.0932. The molecule has 0 aliphatic rings. The van der Waals surface area contributed by atoms with Crippen LogP contribution in [0.25, 0.3) is 0 Å². The van der Waals surface area contributed by atoms with E-state index in [4.69, 9.17) is 42.0 Å². The van der Waals surface area contributed by atoms with Gasteiger partial charge in [0.05, 0.1) is 52.9 Å². The van der Waals surface area contributed by atoms with Gasteiger partial charge in [0.15, 0.2) is 46.0 Å². The van der Waals surface area contributed by atoms with Gasteiger partial charge in [0.25, 0.3) is 18.1 Å². The smallest absolute Gasteiger partial charge is 0.280 e. The molecule has 0 spiro atoms. The van der Waals surface area contributed by atoms with Gasteiger partial charge in [-0.1, -0.05) is 48.5 Å². The Morgan fingerprint density at radius 1 is 0.314 bits per heavy atom. The maximum Gasteiger partial charge on any atom is 0.280 e. The minimum Gasteiger partial charge on any atom is -0.490 e. The third-order valence-corrected chi connectivity index (χ3v) is 12.6. The van der Waals surface area contributed by atoms with Crippen LogP contribution in [0.3, 0.4) is 0 Å². The minimum atomic E-state index is -2.25. The Bertz CT molecular complexity index is 1430. The van der Waals surface area contributed by atoms with Crippen LogP contribution >= 0.6 is 0 Å². The van der Waals surface area contributed by atoms with Gasteiger partial charge >= 0.3 is 0 Å². The van der Waals surface area contributed by atoms with E-state index in [1.54, 1.807) is 0 Å². The Hall–Kier alpha value is -4.33. The second-order valence-corrected chi connectivity index (χ2v) is 15.0. The molecule has 0 saturated heterocycles. The van der Waals surface area contributed by atoms with Gasteiger partial charge in [-0.2, -0.15) is 0 Å². The zero-order chi connectivity index (χ0) is 36.6.